The molecule has 6 heteroatoms. The predicted molar refractivity (Wildman–Crippen MR) is 100 cm³/mol. The van der Waals surface area contributed by atoms with E-state index < -0.39 is 6.10 Å². The maximum absolute atomic E-state index is 12.2. The zero-order chi connectivity index (χ0) is 17.8. The zero-order valence-electron chi connectivity index (χ0n) is 13.8. The molecule has 0 unspecified atom stereocenters. The quantitative estimate of drug-likeness (QED) is 0.723. The Labute approximate surface area is 156 Å². The fourth-order valence-electron chi connectivity index (χ4n) is 2.73. The number of benzene rings is 2. The third-order valence-electron chi connectivity index (χ3n) is 4.00. The molecule has 3 rings (SSSR count). The number of hydrogen-bond acceptors (Lipinski definition) is 4. The number of anilines is 1. The summed E-state index contributed by atoms with van der Waals surface area (Å²) in [5.41, 5.74) is 1.63. The number of hydrogen-bond donors (Lipinski definition) is 0. The van der Waals surface area contributed by atoms with Crippen LogP contribution in [0.15, 0.2) is 53.4 Å². The van der Waals surface area contributed by atoms with Crippen molar-refractivity contribution in [2.45, 2.75) is 24.3 Å². The molecule has 1 amide bonds. The fourth-order valence-corrected chi connectivity index (χ4v) is 3.95. The summed E-state index contributed by atoms with van der Waals surface area (Å²) in [5, 5.41) is 0.569. The van der Waals surface area contributed by atoms with Crippen LogP contribution in [-0.2, 0) is 14.3 Å². The van der Waals surface area contributed by atoms with E-state index in [4.69, 9.17) is 16.3 Å². The van der Waals surface area contributed by atoms with E-state index in [0.717, 1.165) is 16.1 Å². The summed E-state index contributed by atoms with van der Waals surface area (Å²) in [6, 6.07) is 15.0. The lowest BCUT2D eigenvalue weighted by Gasteiger charge is -2.28. The van der Waals surface area contributed by atoms with Crippen molar-refractivity contribution in [2.75, 3.05) is 17.2 Å². The summed E-state index contributed by atoms with van der Waals surface area (Å²) >= 11 is 7.65. The second-order valence-electron chi connectivity index (χ2n) is 5.71. The highest BCUT2D eigenvalue weighted by Gasteiger charge is 2.25. The van der Waals surface area contributed by atoms with Crippen LogP contribution in [0.4, 0.5) is 5.69 Å². The second kappa shape index (κ2) is 7.93. The Bertz CT molecular complexity index is 796. The molecule has 0 N–H and O–H groups in total. The molecule has 0 aliphatic carbocycles. The highest BCUT2D eigenvalue weighted by Crippen LogP contribution is 2.35. The van der Waals surface area contributed by atoms with Crippen LogP contribution >= 0.6 is 23.4 Å². The largest absolute Gasteiger partial charge is 0.458 e. The average molecular weight is 376 g/mol. The van der Waals surface area contributed by atoms with Crippen LogP contribution in [0.3, 0.4) is 0 Å². The summed E-state index contributed by atoms with van der Waals surface area (Å²) in [6.07, 6.45) is -0.291. The van der Waals surface area contributed by atoms with Gasteiger partial charge in [-0.1, -0.05) is 41.9 Å². The first-order valence-electron chi connectivity index (χ1n) is 8.02. The summed E-state index contributed by atoms with van der Waals surface area (Å²) in [4.78, 5) is 27.1. The molecule has 2 aromatic carbocycles. The number of nitrogens with zero attached hydrogens (tertiary/aromatic N) is 1. The van der Waals surface area contributed by atoms with Crippen molar-refractivity contribution in [1.82, 2.24) is 0 Å². The minimum atomic E-state index is -0.430. The average Bonchev–Trinajstić information content (AvgIpc) is 2.61. The molecular weight excluding hydrogens is 358 g/mol. The predicted octanol–water partition coefficient (Wildman–Crippen LogP) is 4.47. The number of esters is 1. The first-order valence-corrected chi connectivity index (χ1v) is 9.38. The van der Waals surface area contributed by atoms with Crippen LogP contribution in [0, 0.1) is 0 Å². The van der Waals surface area contributed by atoms with E-state index in [2.05, 4.69) is 0 Å². The molecule has 130 valence electrons. The van der Waals surface area contributed by atoms with Gasteiger partial charge in [0.25, 0.3) is 0 Å². The number of rotatable bonds is 5. The number of para-hydroxylation sites is 1. The van der Waals surface area contributed by atoms with Crippen LogP contribution in [0.1, 0.15) is 25.0 Å². The topological polar surface area (TPSA) is 46.6 Å². The Morgan fingerprint density at radius 3 is 2.76 bits per heavy atom. The molecule has 2 aromatic rings. The van der Waals surface area contributed by atoms with Gasteiger partial charge in [0.2, 0.25) is 5.91 Å². The number of ether oxygens (including phenoxy) is 1. The van der Waals surface area contributed by atoms with Crippen molar-refractivity contribution >= 4 is 40.9 Å². The lowest BCUT2D eigenvalue weighted by Crippen LogP contribution is -2.37. The molecule has 0 saturated carbocycles. The standard InChI is InChI=1S/C19H18ClNO3S/c1-13(14-6-2-3-7-15(14)20)24-19(23)10-11-21-16-8-4-5-9-17(16)25-12-18(21)22/h2-9,13H,10-12H2,1H3/t13-/m0/s1. The van der Waals surface area contributed by atoms with Crippen LogP contribution in [0.2, 0.25) is 5.02 Å². The van der Waals surface area contributed by atoms with Gasteiger partial charge in [-0.15, -0.1) is 11.8 Å². The molecule has 25 heavy (non-hydrogen) atoms. The van der Waals surface area contributed by atoms with Gasteiger partial charge in [0.15, 0.2) is 0 Å². The van der Waals surface area contributed by atoms with Gasteiger partial charge in [0.05, 0.1) is 17.9 Å². The number of carbonyl (C=O) groups is 2. The van der Waals surface area contributed by atoms with Gasteiger partial charge in [-0.25, -0.2) is 0 Å². The Kier molecular flexibility index (Phi) is 5.66. The second-order valence-corrected chi connectivity index (χ2v) is 7.13. The molecule has 1 aliphatic heterocycles. The van der Waals surface area contributed by atoms with Gasteiger partial charge in [-0.05, 0) is 25.1 Å². The molecule has 1 atom stereocenters. The van der Waals surface area contributed by atoms with Gasteiger partial charge >= 0.3 is 5.97 Å². The van der Waals surface area contributed by atoms with Crippen molar-refractivity contribution in [3.8, 4) is 0 Å². The van der Waals surface area contributed by atoms with Gasteiger partial charge in [-0.2, -0.15) is 0 Å². The van der Waals surface area contributed by atoms with Crippen molar-refractivity contribution in [3.63, 3.8) is 0 Å². The van der Waals surface area contributed by atoms with Crippen molar-refractivity contribution in [2.24, 2.45) is 0 Å². The molecule has 1 heterocycles. The van der Waals surface area contributed by atoms with Crippen molar-refractivity contribution < 1.29 is 14.3 Å². The first-order chi connectivity index (χ1) is 12.1. The summed E-state index contributed by atoms with van der Waals surface area (Å²) < 4.78 is 5.46. The monoisotopic (exact) mass is 375 g/mol. The smallest absolute Gasteiger partial charge is 0.308 e. The number of fused-ring (bicyclic) bond motifs is 1. The normalized spacial score (nSPS) is 14.8. The number of thioether (sulfide) groups is 1. The fraction of sp³-hybridized carbons (Fsp3) is 0.263. The summed E-state index contributed by atoms with van der Waals surface area (Å²) in [7, 11) is 0. The third-order valence-corrected chi connectivity index (χ3v) is 5.39. The van der Waals surface area contributed by atoms with Crippen LogP contribution in [0.25, 0.3) is 0 Å². The first kappa shape index (κ1) is 17.8. The molecule has 0 saturated heterocycles. The van der Waals surface area contributed by atoms with E-state index in [1.165, 1.54) is 11.8 Å². The minimum absolute atomic E-state index is 0.00986. The zero-order valence-corrected chi connectivity index (χ0v) is 15.3. The van der Waals surface area contributed by atoms with E-state index in [0.29, 0.717) is 17.3 Å². The molecule has 0 fully saturated rings. The van der Waals surface area contributed by atoms with E-state index in [9.17, 15) is 9.59 Å². The molecule has 0 aromatic heterocycles. The van der Waals surface area contributed by atoms with Crippen molar-refractivity contribution in [3.05, 3.63) is 59.1 Å². The van der Waals surface area contributed by atoms with Gasteiger partial charge in [-0.3, -0.25) is 9.59 Å². The number of halogens is 1. The Hall–Kier alpha value is -1.98. The van der Waals surface area contributed by atoms with Gasteiger partial charge < -0.3 is 9.64 Å². The molecule has 0 spiro atoms. The Balaban J connectivity index is 1.61. The van der Waals surface area contributed by atoms with Crippen molar-refractivity contribution in [1.29, 1.82) is 0 Å². The Morgan fingerprint density at radius 1 is 1.24 bits per heavy atom. The van der Waals surface area contributed by atoms with Gasteiger partial charge in [0, 0.05) is 22.0 Å². The van der Waals surface area contributed by atoms with Crippen LogP contribution in [-0.4, -0.2) is 24.2 Å². The lowest BCUT2D eigenvalue weighted by molar-refractivity contribution is -0.148. The number of amides is 1. The van der Waals surface area contributed by atoms with E-state index >= 15 is 0 Å². The molecular formula is C19H18ClNO3S. The van der Waals surface area contributed by atoms with E-state index in [1.807, 2.05) is 42.5 Å². The highest BCUT2D eigenvalue weighted by molar-refractivity contribution is 8.00. The summed E-state index contributed by atoms with van der Waals surface area (Å²) in [5.74, 6) is 0.0498. The minimum Gasteiger partial charge on any atom is -0.458 e. The third kappa shape index (κ3) is 4.17. The van der Waals surface area contributed by atoms with Crippen LogP contribution < -0.4 is 4.90 Å². The number of carbonyl (C=O) groups excluding carboxylic acids is 2. The molecule has 4 nitrogen and oxygen atoms in total. The molecule has 0 radical (unpaired) electrons. The molecule has 1 aliphatic rings. The maximum atomic E-state index is 12.2. The highest BCUT2D eigenvalue weighted by atomic mass is 35.5. The molecule has 0 bridgehead atoms. The van der Waals surface area contributed by atoms with E-state index in [1.54, 1.807) is 17.9 Å². The van der Waals surface area contributed by atoms with E-state index in [-0.39, 0.29) is 18.3 Å². The van der Waals surface area contributed by atoms with Gasteiger partial charge in [0.1, 0.15) is 6.10 Å². The lowest BCUT2D eigenvalue weighted by atomic mass is 10.1. The SMILES string of the molecule is C[C@H](OC(=O)CCN1C(=O)CSc2ccccc21)c1ccccc1Cl. The van der Waals surface area contributed by atoms with Crippen LogP contribution in [0.5, 0.6) is 0 Å². The Morgan fingerprint density at radius 2 is 1.96 bits per heavy atom. The maximum Gasteiger partial charge on any atom is 0.308 e. The summed E-state index contributed by atoms with van der Waals surface area (Å²) in [6.45, 7) is 2.10.